The molecule has 1 amide bonds. The minimum atomic E-state index is -0.511. The number of halogens is 2. The number of hydrogen-bond acceptors (Lipinski definition) is 5. The van der Waals surface area contributed by atoms with Crippen LogP contribution in [-0.2, 0) is 17.8 Å². The number of ether oxygens (including phenoxy) is 1. The Morgan fingerprint density at radius 1 is 1.06 bits per heavy atom. The van der Waals surface area contributed by atoms with Gasteiger partial charge in [0.25, 0.3) is 5.69 Å². The van der Waals surface area contributed by atoms with E-state index in [1.807, 2.05) is 36.4 Å². The van der Waals surface area contributed by atoms with E-state index >= 15 is 0 Å². The lowest BCUT2D eigenvalue weighted by molar-refractivity contribution is -0.385. The summed E-state index contributed by atoms with van der Waals surface area (Å²) in [5.74, 6) is 0.140. The van der Waals surface area contributed by atoms with E-state index in [-0.39, 0.29) is 12.1 Å². The fourth-order valence-electron chi connectivity index (χ4n) is 2.72. The molecule has 0 spiro atoms. The summed E-state index contributed by atoms with van der Waals surface area (Å²) in [7, 11) is 0. The highest BCUT2D eigenvalue weighted by molar-refractivity contribution is 9.10. The van der Waals surface area contributed by atoms with Crippen molar-refractivity contribution in [3.63, 3.8) is 0 Å². The first-order valence-electron chi connectivity index (χ1n) is 9.13. The quantitative estimate of drug-likeness (QED) is 0.233. The lowest BCUT2D eigenvalue weighted by Crippen LogP contribution is -2.20. The van der Waals surface area contributed by atoms with Crippen LogP contribution in [0.1, 0.15) is 16.7 Å². The van der Waals surface area contributed by atoms with Crippen molar-refractivity contribution in [2.45, 2.75) is 13.0 Å². The molecule has 0 saturated heterocycles. The standard InChI is InChI=1S/C22H17Br2N3O4/c23-18-7-5-15(6-8-18)14-31-21-10-9-19(24)11-17(21)13-25-26-22(28)12-16-3-1-2-4-20(16)27(29)30/h1-11,13H,12,14H2,(H,26,28)/b25-13+. The summed E-state index contributed by atoms with van der Waals surface area (Å²) in [5.41, 5.74) is 4.30. The predicted molar refractivity (Wildman–Crippen MR) is 125 cm³/mol. The first-order chi connectivity index (χ1) is 14.9. The Morgan fingerprint density at radius 3 is 2.52 bits per heavy atom. The van der Waals surface area contributed by atoms with Gasteiger partial charge in [-0.15, -0.1) is 0 Å². The molecule has 0 unspecified atom stereocenters. The van der Waals surface area contributed by atoms with Crippen molar-refractivity contribution in [1.82, 2.24) is 5.43 Å². The molecule has 3 rings (SSSR count). The molecule has 0 heterocycles. The molecule has 31 heavy (non-hydrogen) atoms. The summed E-state index contributed by atoms with van der Waals surface area (Å²) in [6.07, 6.45) is 1.32. The molecule has 0 aliphatic rings. The van der Waals surface area contributed by atoms with Gasteiger partial charge < -0.3 is 4.74 Å². The second-order valence-electron chi connectivity index (χ2n) is 6.45. The van der Waals surface area contributed by atoms with E-state index in [0.29, 0.717) is 23.5 Å². The number of amides is 1. The van der Waals surface area contributed by atoms with E-state index in [2.05, 4.69) is 42.4 Å². The summed E-state index contributed by atoms with van der Waals surface area (Å²) < 4.78 is 7.72. The van der Waals surface area contributed by atoms with Crippen LogP contribution in [0.15, 0.2) is 80.8 Å². The molecule has 7 nitrogen and oxygen atoms in total. The van der Waals surface area contributed by atoms with Crippen LogP contribution in [0.4, 0.5) is 5.69 Å². The van der Waals surface area contributed by atoms with Crippen molar-refractivity contribution in [2.24, 2.45) is 5.10 Å². The zero-order valence-corrected chi connectivity index (χ0v) is 19.3. The van der Waals surface area contributed by atoms with Gasteiger partial charge >= 0.3 is 0 Å². The van der Waals surface area contributed by atoms with Gasteiger partial charge in [0, 0.05) is 26.1 Å². The SMILES string of the molecule is O=C(Cc1ccccc1[N+](=O)[O-])N/N=C/c1cc(Br)ccc1OCc1ccc(Br)cc1. The summed E-state index contributed by atoms with van der Waals surface area (Å²) in [6, 6.07) is 19.4. The molecule has 1 N–H and O–H groups in total. The minimum Gasteiger partial charge on any atom is -0.488 e. The number of para-hydroxylation sites is 1. The second kappa shape index (κ2) is 10.8. The lowest BCUT2D eigenvalue weighted by atomic mass is 10.1. The highest BCUT2D eigenvalue weighted by Crippen LogP contribution is 2.23. The van der Waals surface area contributed by atoms with E-state index in [9.17, 15) is 14.9 Å². The molecule has 0 aliphatic carbocycles. The van der Waals surface area contributed by atoms with Crippen molar-refractivity contribution in [1.29, 1.82) is 0 Å². The van der Waals surface area contributed by atoms with Gasteiger partial charge in [0.2, 0.25) is 5.91 Å². The molecule has 0 radical (unpaired) electrons. The number of carbonyl (C=O) groups is 1. The van der Waals surface area contributed by atoms with Gasteiger partial charge in [-0.1, -0.05) is 62.2 Å². The molecule has 9 heteroatoms. The van der Waals surface area contributed by atoms with E-state index < -0.39 is 10.8 Å². The molecule has 0 saturated carbocycles. The Morgan fingerprint density at radius 2 is 1.77 bits per heavy atom. The molecule has 3 aromatic rings. The summed E-state index contributed by atoms with van der Waals surface area (Å²) in [4.78, 5) is 22.7. The molecule has 0 fully saturated rings. The van der Waals surface area contributed by atoms with Crippen LogP contribution in [0, 0.1) is 10.1 Å². The topological polar surface area (TPSA) is 93.8 Å². The normalized spacial score (nSPS) is 10.8. The summed E-state index contributed by atoms with van der Waals surface area (Å²) in [5, 5.41) is 15.1. The van der Waals surface area contributed by atoms with E-state index in [1.165, 1.54) is 12.3 Å². The van der Waals surface area contributed by atoms with Crippen molar-refractivity contribution in [3.05, 3.63) is 102 Å². The zero-order valence-electron chi connectivity index (χ0n) is 16.1. The van der Waals surface area contributed by atoms with Gasteiger partial charge in [-0.25, -0.2) is 5.43 Å². The number of carbonyl (C=O) groups excluding carboxylic acids is 1. The second-order valence-corrected chi connectivity index (χ2v) is 8.28. The number of nitrogens with zero attached hydrogens (tertiary/aromatic N) is 2. The van der Waals surface area contributed by atoms with E-state index in [0.717, 1.165) is 14.5 Å². The zero-order chi connectivity index (χ0) is 22.2. The predicted octanol–water partition coefficient (Wildman–Crippen LogP) is 5.39. The van der Waals surface area contributed by atoms with Crippen LogP contribution in [0.5, 0.6) is 5.75 Å². The molecular weight excluding hydrogens is 530 g/mol. The molecule has 0 aromatic heterocycles. The third kappa shape index (κ3) is 6.73. The van der Waals surface area contributed by atoms with Gasteiger partial charge in [-0.2, -0.15) is 5.10 Å². The number of hydrazone groups is 1. The van der Waals surface area contributed by atoms with Crippen molar-refractivity contribution >= 4 is 49.7 Å². The Balaban J connectivity index is 1.65. The summed E-state index contributed by atoms with van der Waals surface area (Å²) >= 11 is 6.81. The van der Waals surface area contributed by atoms with E-state index in [4.69, 9.17) is 4.74 Å². The third-order valence-electron chi connectivity index (χ3n) is 4.21. The maximum absolute atomic E-state index is 12.2. The Hall–Kier alpha value is -3.04. The maximum Gasteiger partial charge on any atom is 0.273 e. The van der Waals surface area contributed by atoms with Crippen molar-refractivity contribution in [3.8, 4) is 5.75 Å². The molecule has 158 valence electrons. The Kier molecular flexibility index (Phi) is 7.91. The van der Waals surface area contributed by atoms with Gasteiger partial charge in [-0.05, 0) is 35.9 Å². The average Bonchev–Trinajstić information content (AvgIpc) is 2.74. The van der Waals surface area contributed by atoms with Crippen LogP contribution in [0.3, 0.4) is 0 Å². The monoisotopic (exact) mass is 545 g/mol. The average molecular weight is 547 g/mol. The van der Waals surface area contributed by atoms with Crippen molar-refractivity contribution < 1.29 is 14.5 Å². The van der Waals surface area contributed by atoms with Crippen molar-refractivity contribution in [2.75, 3.05) is 0 Å². The molecular formula is C22H17Br2N3O4. The van der Waals surface area contributed by atoms with Crippen LogP contribution in [0.25, 0.3) is 0 Å². The highest BCUT2D eigenvalue weighted by atomic mass is 79.9. The molecule has 0 atom stereocenters. The van der Waals surface area contributed by atoms with Gasteiger partial charge in [0.1, 0.15) is 12.4 Å². The fraction of sp³-hybridized carbons (Fsp3) is 0.0909. The number of nitro benzene ring substituents is 1. The molecule has 0 bridgehead atoms. The van der Waals surface area contributed by atoms with Crippen LogP contribution >= 0.6 is 31.9 Å². The first kappa shape index (κ1) is 22.6. The number of benzene rings is 3. The van der Waals surface area contributed by atoms with Crippen LogP contribution < -0.4 is 10.2 Å². The van der Waals surface area contributed by atoms with Gasteiger partial charge in [0.15, 0.2) is 0 Å². The van der Waals surface area contributed by atoms with Crippen LogP contribution in [-0.4, -0.2) is 17.0 Å². The lowest BCUT2D eigenvalue weighted by Gasteiger charge is -2.10. The van der Waals surface area contributed by atoms with Gasteiger partial charge in [0.05, 0.1) is 17.6 Å². The first-order valence-corrected chi connectivity index (χ1v) is 10.7. The smallest absolute Gasteiger partial charge is 0.273 e. The Bertz CT molecular complexity index is 1120. The molecule has 3 aromatic carbocycles. The Labute approximate surface area is 195 Å². The van der Waals surface area contributed by atoms with Crippen LogP contribution in [0.2, 0.25) is 0 Å². The largest absolute Gasteiger partial charge is 0.488 e. The number of rotatable bonds is 8. The maximum atomic E-state index is 12.2. The third-order valence-corrected chi connectivity index (χ3v) is 5.23. The highest BCUT2D eigenvalue weighted by Gasteiger charge is 2.15. The summed E-state index contributed by atoms with van der Waals surface area (Å²) in [6.45, 7) is 0.375. The number of hydrogen-bond donors (Lipinski definition) is 1. The number of nitrogens with one attached hydrogen (secondary N) is 1. The minimum absolute atomic E-state index is 0.0998. The number of nitro groups is 1. The van der Waals surface area contributed by atoms with E-state index in [1.54, 1.807) is 24.3 Å². The fourth-order valence-corrected chi connectivity index (χ4v) is 3.36. The van der Waals surface area contributed by atoms with Gasteiger partial charge in [-0.3, -0.25) is 14.9 Å². The molecule has 0 aliphatic heterocycles.